The van der Waals surface area contributed by atoms with E-state index in [9.17, 15) is 9.59 Å². The van der Waals surface area contributed by atoms with Gasteiger partial charge in [0.05, 0.1) is 0 Å². The number of nitrogens with one attached hydrogen (secondary N) is 1. The van der Waals surface area contributed by atoms with Crippen LogP contribution in [-0.4, -0.2) is 48.1 Å². The van der Waals surface area contributed by atoms with E-state index in [1.165, 1.54) is 0 Å². The number of hydrogen-bond donors (Lipinski definition) is 2. The van der Waals surface area contributed by atoms with Crippen LogP contribution in [-0.2, 0) is 9.59 Å². The Morgan fingerprint density at radius 1 is 1.31 bits per heavy atom. The first kappa shape index (κ1) is 13.0. The topological polar surface area (TPSA) is 69.6 Å². The minimum Gasteiger partial charge on any atom is -0.480 e. The molecular formula is C11H20N2O3. The van der Waals surface area contributed by atoms with E-state index in [-0.39, 0.29) is 5.91 Å². The van der Waals surface area contributed by atoms with Crippen LogP contribution in [0.1, 0.15) is 26.7 Å². The number of rotatable bonds is 7. The van der Waals surface area contributed by atoms with Crippen molar-refractivity contribution < 1.29 is 14.7 Å². The van der Waals surface area contributed by atoms with Crippen molar-refractivity contribution >= 4 is 11.9 Å². The van der Waals surface area contributed by atoms with E-state index in [4.69, 9.17) is 5.11 Å². The van der Waals surface area contributed by atoms with Crippen molar-refractivity contribution in [1.29, 1.82) is 0 Å². The van der Waals surface area contributed by atoms with Gasteiger partial charge in [-0.05, 0) is 25.9 Å². The van der Waals surface area contributed by atoms with Gasteiger partial charge in [-0.25, -0.2) is 0 Å². The summed E-state index contributed by atoms with van der Waals surface area (Å²) in [4.78, 5) is 24.7. The Balaban J connectivity index is 2.28. The van der Waals surface area contributed by atoms with E-state index in [1.807, 2.05) is 0 Å². The van der Waals surface area contributed by atoms with Gasteiger partial charge < -0.3 is 15.3 Å². The van der Waals surface area contributed by atoms with E-state index in [2.05, 4.69) is 24.1 Å². The summed E-state index contributed by atoms with van der Waals surface area (Å²) in [5.41, 5.74) is -1.11. The van der Waals surface area contributed by atoms with Gasteiger partial charge in [0, 0.05) is 13.1 Å². The molecule has 0 radical (unpaired) electrons. The minimum atomic E-state index is -1.11. The standard InChI is InChI=1S/C11H20N2O3/c1-3-13(4-2)8-7-12-9(14)11(5-6-11)10(15)16/h3-8H2,1-2H3,(H,12,14)(H,15,16). The quantitative estimate of drug-likeness (QED) is 0.615. The summed E-state index contributed by atoms with van der Waals surface area (Å²) in [6.45, 7) is 7.30. The molecule has 0 atom stereocenters. The highest BCUT2D eigenvalue weighted by Crippen LogP contribution is 2.45. The number of carbonyl (C=O) groups is 2. The summed E-state index contributed by atoms with van der Waals surface area (Å²) in [6.07, 6.45) is 0.943. The van der Waals surface area contributed by atoms with E-state index in [0.717, 1.165) is 19.6 Å². The Hall–Kier alpha value is -1.10. The molecule has 0 aliphatic heterocycles. The van der Waals surface area contributed by atoms with Gasteiger partial charge in [-0.1, -0.05) is 13.8 Å². The number of carboxylic acid groups (broad SMARTS) is 1. The number of amides is 1. The lowest BCUT2D eigenvalue weighted by atomic mass is 10.1. The number of hydrogen-bond acceptors (Lipinski definition) is 3. The lowest BCUT2D eigenvalue weighted by Crippen LogP contribution is -2.41. The van der Waals surface area contributed by atoms with E-state index >= 15 is 0 Å². The van der Waals surface area contributed by atoms with Crippen molar-refractivity contribution in [2.75, 3.05) is 26.2 Å². The summed E-state index contributed by atoms with van der Waals surface area (Å²) in [5.74, 6) is -1.32. The smallest absolute Gasteiger partial charge is 0.319 e. The molecule has 0 bridgehead atoms. The lowest BCUT2D eigenvalue weighted by molar-refractivity contribution is -0.149. The average Bonchev–Trinajstić information content (AvgIpc) is 3.05. The molecule has 1 fully saturated rings. The Morgan fingerprint density at radius 3 is 2.25 bits per heavy atom. The molecule has 0 heterocycles. The molecule has 1 amide bonds. The zero-order valence-electron chi connectivity index (χ0n) is 9.95. The van der Waals surface area contributed by atoms with Crippen molar-refractivity contribution in [3.63, 3.8) is 0 Å². The van der Waals surface area contributed by atoms with E-state index < -0.39 is 11.4 Å². The number of aliphatic carboxylic acids is 1. The van der Waals surface area contributed by atoms with E-state index in [0.29, 0.717) is 19.4 Å². The predicted octanol–water partition coefficient (Wildman–Crippen LogP) is 0.309. The van der Waals surface area contributed by atoms with Crippen molar-refractivity contribution in [3.8, 4) is 0 Å². The maximum Gasteiger partial charge on any atom is 0.319 e. The van der Waals surface area contributed by atoms with Crippen LogP contribution in [0.15, 0.2) is 0 Å². The highest BCUT2D eigenvalue weighted by molar-refractivity contribution is 6.04. The van der Waals surface area contributed by atoms with Crippen LogP contribution in [0.5, 0.6) is 0 Å². The van der Waals surface area contributed by atoms with E-state index in [1.54, 1.807) is 0 Å². The zero-order valence-corrected chi connectivity index (χ0v) is 9.95. The summed E-state index contributed by atoms with van der Waals surface area (Å²) in [7, 11) is 0. The lowest BCUT2D eigenvalue weighted by Gasteiger charge is -2.18. The SMILES string of the molecule is CCN(CC)CCNC(=O)C1(C(=O)O)CC1. The van der Waals surface area contributed by atoms with Crippen molar-refractivity contribution in [2.45, 2.75) is 26.7 Å². The maximum absolute atomic E-state index is 11.6. The Labute approximate surface area is 95.8 Å². The first-order chi connectivity index (χ1) is 7.56. The van der Waals surface area contributed by atoms with Gasteiger partial charge in [0.25, 0.3) is 0 Å². The van der Waals surface area contributed by atoms with Crippen LogP contribution < -0.4 is 5.32 Å². The number of carboxylic acids is 1. The van der Waals surface area contributed by atoms with Gasteiger partial charge in [0.2, 0.25) is 5.91 Å². The highest BCUT2D eigenvalue weighted by atomic mass is 16.4. The monoisotopic (exact) mass is 228 g/mol. The molecule has 0 unspecified atom stereocenters. The molecule has 0 aromatic heterocycles. The van der Waals surface area contributed by atoms with Crippen LogP contribution in [0, 0.1) is 5.41 Å². The van der Waals surface area contributed by atoms with Crippen LogP contribution in [0.25, 0.3) is 0 Å². The first-order valence-corrected chi connectivity index (χ1v) is 5.81. The fraction of sp³-hybridized carbons (Fsp3) is 0.818. The van der Waals surface area contributed by atoms with Crippen molar-refractivity contribution in [3.05, 3.63) is 0 Å². The Bertz CT molecular complexity index is 270. The molecule has 0 spiro atoms. The number of likely N-dealkylation sites (N-methyl/N-ethyl adjacent to an activating group) is 1. The molecule has 16 heavy (non-hydrogen) atoms. The molecular weight excluding hydrogens is 208 g/mol. The summed E-state index contributed by atoms with van der Waals surface area (Å²) >= 11 is 0. The third-order valence-electron chi connectivity index (χ3n) is 3.20. The number of nitrogens with zero attached hydrogens (tertiary/aromatic N) is 1. The molecule has 5 nitrogen and oxygen atoms in total. The fourth-order valence-corrected chi connectivity index (χ4v) is 1.70. The minimum absolute atomic E-state index is 0.327. The second-order valence-electron chi connectivity index (χ2n) is 4.17. The van der Waals surface area contributed by atoms with Crippen LogP contribution in [0.4, 0.5) is 0 Å². The Kier molecular flexibility index (Phi) is 4.29. The fourth-order valence-electron chi connectivity index (χ4n) is 1.70. The van der Waals surface area contributed by atoms with Gasteiger partial charge in [0.15, 0.2) is 0 Å². The first-order valence-electron chi connectivity index (χ1n) is 5.81. The van der Waals surface area contributed by atoms with Gasteiger partial charge in [0.1, 0.15) is 5.41 Å². The van der Waals surface area contributed by atoms with Crippen molar-refractivity contribution in [2.24, 2.45) is 5.41 Å². The van der Waals surface area contributed by atoms with Crippen LogP contribution in [0.3, 0.4) is 0 Å². The molecule has 1 aliphatic rings. The van der Waals surface area contributed by atoms with Gasteiger partial charge in [-0.2, -0.15) is 0 Å². The van der Waals surface area contributed by atoms with Gasteiger partial charge in [-0.3, -0.25) is 9.59 Å². The molecule has 5 heteroatoms. The average molecular weight is 228 g/mol. The molecule has 92 valence electrons. The highest BCUT2D eigenvalue weighted by Gasteiger charge is 2.56. The molecule has 2 N–H and O–H groups in total. The third kappa shape index (κ3) is 2.72. The molecule has 0 aromatic carbocycles. The van der Waals surface area contributed by atoms with Crippen LogP contribution in [0.2, 0.25) is 0 Å². The molecule has 1 rings (SSSR count). The largest absolute Gasteiger partial charge is 0.480 e. The van der Waals surface area contributed by atoms with Crippen molar-refractivity contribution in [1.82, 2.24) is 10.2 Å². The van der Waals surface area contributed by atoms with Crippen LogP contribution >= 0.6 is 0 Å². The summed E-state index contributed by atoms with van der Waals surface area (Å²) < 4.78 is 0. The molecule has 0 aromatic rings. The summed E-state index contributed by atoms with van der Waals surface area (Å²) in [6, 6.07) is 0. The zero-order chi connectivity index (χ0) is 12.2. The normalized spacial score (nSPS) is 17.2. The van der Waals surface area contributed by atoms with Gasteiger partial charge in [-0.15, -0.1) is 0 Å². The molecule has 1 saturated carbocycles. The second-order valence-corrected chi connectivity index (χ2v) is 4.17. The number of carbonyl (C=O) groups excluding carboxylic acids is 1. The third-order valence-corrected chi connectivity index (χ3v) is 3.20. The Morgan fingerprint density at radius 2 is 1.88 bits per heavy atom. The van der Waals surface area contributed by atoms with Gasteiger partial charge >= 0.3 is 5.97 Å². The second kappa shape index (κ2) is 5.30. The summed E-state index contributed by atoms with van der Waals surface area (Å²) in [5, 5.41) is 11.6. The maximum atomic E-state index is 11.6. The molecule has 1 aliphatic carbocycles. The molecule has 0 saturated heterocycles. The predicted molar refractivity (Wildman–Crippen MR) is 60.1 cm³/mol.